The van der Waals surface area contributed by atoms with Gasteiger partial charge in [0.15, 0.2) is 0 Å². The Morgan fingerprint density at radius 1 is 1.21 bits per heavy atom. The molecule has 0 saturated carbocycles. The molecule has 0 aromatic rings. The zero-order chi connectivity index (χ0) is 13.7. The van der Waals surface area contributed by atoms with Gasteiger partial charge in [-0.25, -0.2) is 9.59 Å². The predicted molar refractivity (Wildman–Crippen MR) is 68.0 cm³/mol. The number of carbonyl (C=O) groups is 2. The quantitative estimate of drug-likeness (QED) is 0.637. The molecule has 2 aliphatic heterocycles. The summed E-state index contributed by atoms with van der Waals surface area (Å²) in [7, 11) is 0. The van der Waals surface area contributed by atoms with E-state index in [4.69, 9.17) is 4.74 Å². The molecule has 0 spiro atoms. The van der Waals surface area contributed by atoms with Crippen LogP contribution < -0.4 is 10.6 Å². The van der Waals surface area contributed by atoms with Gasteiger partial charge in [-0.2, -0.15) is 0 Å². The fraction of sp³-hybridized carbons (Fsp3) is 0.833. The van der Waals surface area contributed by atoms with Crippen molar-refractivity contribution in [2.45, 2.75) is 24.8 Å². The van der Waals surface area contributed by atoms with Crippen LogP contribution >= 0.6 is 0 Å². The first-order chi connectivity index (χ1) is 9.14. The first kappa shape index (κ1) is 14.1. The maximum absolute atomic E-state index is 12.2. The van der Waals surface area contributed by atoms with Crippen LogP contribution in [-0.2, 0) is 9.53 Å². The number of aliphatic carboxylic acids is 1. The van der Waals surface area contributed by atoms with Crippen molar-refractivity contribution in [1.82, 2.24) is 15.5 Å². The van der Waals surface area contributed by atoms with Gasteiger partial charge in [0.2, 0.25) is 0 Å². The Balaban J connectivity index is 1.99. The van der Waals surface area contributed by atoms with E-state index in [1.807, 2.05) is 0 Å². The van der Waals surface area contributed by atoms with Gasteiger partial charge in [-0.05, 0) is 13.0 Å². The predicted octanol–water partition coefficient (Wildman–Crippen LogP) is -0.375. The summed E-state index contributed by atoms with van der Waals surface area (Å²) in [5.74, 6) is -0.975. The van der Waals surface area contributed by atoms with Crippen LogP contribution in [0.1, 0.15) is 19.3 Å². The molecule has 2 aliphatic rings. The van der Waals surface area contributed by atoms with E-state index in [9.17, 15) is 14.7 Å². The number of carbonyl (C=O) groups excluding carboxylic acids is 1. The minimum Gasteiger partial charge on any atom is -0.480 e. The zero-order valence-corrected chi connectivity index (χ0v) is 11.0. The Kier molecular flexibility index (Phi) is 4.60. The van der Waals surface area contributed by atoms with E-state index in [2.05, 4.69) is 10.6 Å². The van der Waals surface area contributed by atoms with E-state index >= 15 is 0 Å². The number of carboxylic acids is 1. The highest BCUT2D eigenvalue weighted by Crippen LogP contribution is 2.21. The first-order valence-corrected chi connectivity index (χ1v) is 6.73. The number of rotatable bonds is 2. The molecular formula is C12H21N3O4. The number of amides is 2. The maximum atomic E-state index is 12.2. The fourth-order valence-corrected chi connectivity index (χ4v) is 2.44. The second kappa shape index (κ2) is 6.21. The number of hydrogen-bond donors (Lipinski definition) is 3. The van der Waals surface area contributed by atoms with Gasteiger partial charge in [-0.1, -0.05) is 0 Å². The van der Waals surface area contributed by atoms with E-state index in [-0.39, 0.29) is 6.03 Å². The Bertz CT molecular complexity index is 334. The summed E-state index contributed by atoms with van der Waals surface area (Å²) in [5.41, 5.74) is -1.17. The maximum Gasteiger partial charge on any atom is 0.329 e. The molecule has 3 N–H and O–H groups in total. The Labute approximate surface area is 112 Å². The topological polar surface area (TPSA) is 90.9 Å². The third kappa shape index (κ3) is 3.36. The van der Waals surface area contributed by atoms with Gasteiger partial charge in [0.25, 0.3) is 0 Å². The molecule has 7 heteroatoms. The monoisotopic (exact) mass is 271 g/mol. The van der Waals surface area contributed by atoms with Crippen LogP contribution in [0, 0.1) is 0 Å². The molecule has 0 aromatic heterocycles. The molecule has 0 bridgehead atoms. The Morgan fingerprint density at radius 2 is 1.95 bits per heavy atom. The van der Waals surface area contributed by atoms with Crippen LogP contribution in [-0.4, -0.2) is 66.9 Å². The molecule has 0 aromatic carbocycles. The molecule has 2 saturated heterocycles. The Hall–Kier alpha value is -1.34. The summed E-state index contributed by atoms with van der Waals surface area (Å²) in [5, 5.41) is 15.3. The number of ether oxygens (including phenoxy) is 1. The molecular weight excluding hydrogens is 250 g/mol. The van der Waals surface area contributed by atoms with Crippen LogP contribution in [0.3, 0.4) is 0 Å². The van der Waals surface area contributed by atoms with Crippen molar-refractivity contribution in [3.8, 4) is 0 Å². The summed E-state index contributed by atoms with van der Waals surface area (Å²) in [6.07, 6.45) is 1.52. The molecule has 0 atom stereocenters. The van der Waals surface area contributed by atoms with E-state index < -0.39 is 11.5 Å². The van der Waals surface area contributed by atoms with E-state index in [1.54, 1.807) is 4.90 Å². The fourth-order valence-electron chi connectivity index (χ4n) is 2.44. The van der Waals surface area contributed by atoms with Crippen LogP contribution in [0.4, 0.5) is 4.79 Å². The van der Waals surface area contributed by atoms with Crippen molar-refractivity contribution in [1.29, 1.82) is 0 Å². The molecule has 7 nitrogen and oxygen atoms in total. The zero-order valence-electron chi connectivity index (χ0n) is 11.0. The lowest BCUT2D eigenvalue weighted by atomic mass is 9.90. The number of hydrogen-bond acceptors (Lipinski definition) is 4. The van der Waals surface area contributed by atoms with Crippen LogP contribution in [0.15, 0.2) is 0 Å². The lowest BCUT2D eigenvalue weighted by Crippen LogP contribution is -2.60. The van der Waals surface area contributed by atoms with Gasteiger partial charge < -0.3 is 25.4 Å². The number of nitrogens with one attached hydrogen (secondary N) is 2. The average molecular weight is 271 g/mol. The summed E-state index contributed by atoms with van der Waals surface area (Å²) in [6, 6.07) is -0.284. The van der Waals surface area contributed by atoms with E-state index in [1.165, 1.54) is 0 Å². The molecule has 19 heavy (non-hydrogen) atoms. The molecule has 0 aliphatic carbocycles. The van der Waals surface area contributed by atoms with Crippen molar-refractivity contribution < 1.29 is 19.4 Å². The molecule has 2 heterocycles. The first-order valence-electron chi connectivity index (χ1n) is 6.73. The molecule has 2 rings (SSSR count). The second-order valence-electron chi connectivity index (χ2n) is 5.02. The minimum absolute atomic E-state index is 0.284. The summed E-state index contributed by atoms with van der Waals surface area (Å²) in [4.78, 5) is 25.4. The van der Waals surface area contributed by atoms with Gasteiger partial charge in [0.05, 0.1) is 0 Å². The second-order valence-corrected chi connectivity index (χ2v) is 5.02. The normalized spacial score (nSPS) is 23.5. The van der Waals surface area contributed by atoms with Gasteiger partial charge in [-0.15, -0.1) is 0 Å². The number of nitrogens with zero attached hydrogens (tertiary/aromatic N) is 1. The highest BCUT2D eigenvalue weighted by atomic mass is 16.5. The van der Waals surface area contributed by atoms with Crippen molar-refractivity contribution in [2.24, 2.45) is 0 Å². The smallest absolute Gasteiger partial charge is 0.329 e. The van der Waals surface area contributed by atoms with Gasteiger partial charge in [-0.3, -0.25) is 0 Å². The van der Waals surface area contributed by atoms with E-state index in [0.717, 1.165) is 19.5 Å². The van der Waals surface area contributed by atoms with Crippen LogP contribution in [0.5, 0.6) is 0 Å². The van der Waals surface area contributed by atoms with Gasteiger partial charge >= 0.3 is 12.0 Å². The summed E-state index contributed by atoms with van der Waals surface area (Å²) >= 11 is 0. The standard InChI is InChI=1S/C12H21N3O4/c16-10(17)12(2-8-19-9-3-12)14-11(18)15-6-1-4-13-5-7-15/h13H,1-9H2,(H,14,18)(H,16,17). The molecule has 0 unspecified atom stereocenters. The van der Waals surface area contributed by atoms with Crippen molar-refractivity contribution in [3.63, 3.8) is 0 Å². The third-order valence-corrected chi connectivity index (χ3v) is 3.73. The van der Waals surface area contributed by atoms with Gasteiger partial charge in [0.1, 0.15) is 5.54 Å². The third-order valence-electron chi connectivity index (χ3n) is 3.73. The van der Waals surface area contributed by atoms with Crippen molar-refractivity contribution >= 4 is 12.0 Å². The Morgan fingerprint density at radius 3 is 2.63 bits per heavy atom. The van der Waals surface area contributed by atoms with E-state index in [0.29, 0.717) is 39.1 Å². The van der Waals surface area contributed by atoms with Gasteiger partial charge in [0, 0.05) is 45.7 Å². The highest BCUT2D eigenvalue weighted by Gasteiger charge is 2.42. The van der Waals surface area contributed by atoms with Crippen molar-refractivity contribution in [3.05, 3.63) is 0 Å². The SMILES string of the molecule is O=C(NC1(C(=O)O)CCOCC1)N1CCCNCC1. The average Bonchev–Trinajstić information content (AvgIpc) is 2.68. The molecule has 2 amide bonds. The largest absolute Gasteiger partial charge is 0.480 e. The molecule has 2 fully saturated rings. The minimum atomic E-state index is -1.17. The summed E-state index contributed by atoms with van der Waals surface area (Å²) in [6.45, 7) is 3.64. The lowest BCUT2D eigenvalue weighted by molar-refractivity contribution is -0.148. The highest BCUT2D eigenvalue weighted by molar-refractivity contribution is 5.86. The number of urea groups is 1. The molecule has 0 radical (unpaired) electrons. The number of carboxylic acid groups (broad SMARTS) is 1. The van der Waals surface area contributed by atoms with Crippen LogP contribution in [0.2, 0.25) is 0 Å². The van der Waals surface area contributed by atoms with Crippen LogP contribution in [0.25, 0.3) is 0 Å². The summed E-state index contributed by atoms with van der Waals surface area (Å²) < 4.78 is 5.18. The lowest BCUT2D eigenvalue weighted by Gasteiger charge is -2.35. The van der Waals surface area contributed by atoms with Crippen molar-refractivity contribution in [2.75, 3.05) is 39.4 Å². The molecule has 108 valence electrons.